The second-order valence-electron chi connectivity index (χ2n) is 7.87. The van der Waals surface area contributed by atoms with Gasteiger partial charge in [-0.3, -0.25) is 4.98 Å². The van der Waals surface area contributed by atoms with Crippen LogP contribution in [0, 0.1) is 6.92 Å². The molecule has 6 nitrogen and oxygen atoms in total. The number of nitrogens with zero attached hydrogens (tertiary/aromatic N) is 3. The lowest BCUT2D eigenvalue weighted by Crippen LogP contribution is -2.04. The van der Waals surface area contributed by atoms with E-state index in [9.17, 15) is 12.8 Å². The highest BCUT2D eigenvalue weighted by atomic mass is 32.2. The first-order chi connectivity index (χ1) is 14.3. The molecule has 0 saturated heterocycles. The Kier molecular flexibility index (Phi) is 5.46. The zero-order chi connectivity index (χ0) is 21.5. The lowest BCUT2D eigenvalue weighted by Gasteiger charge is -2.07. The molecule has 1 aliphatic rings. The molecule has 3 aromatic heterocycles. The van der Waals surface area contributed by atoms with E-state index in [-0.39, 0.29) is 23.9 Å². The molecule has 158 valence electrons. The summed E-state index contributed by atoms with van der Waals surface area (Å²) in [5, 5.41) is 0.0496. The molecule has 0 atom stereocenters. The normalized spacial score (nSPS) is 15.1. The van der Waals surface area contributed by atoms with Crippen LogP contribution in [0.1, 0.15) is 41.3 Å². The standard InChI is InChI=1S/C22H25FN4O2S/c1-14-18(11-15-3-8-21(25-12-15)30(2,28)29)22-20(27(14)13-17(23)9-10-24)7-6-19(26-22)16-4-5-16/h3,6-9,12,16H,4-5,10-11,13,24H2,1-2H3/b17-9-. The van der Waals surface area contributed by atoms with Crippen LogP contribution in [0.3, 0.4) is 0 Å². The third kappa shape index (κ3) is 4.15. The van der Waals surface area contributed by atoms with Crippen LogP contribution in [0.4, 0.5) is 4.39 Å². The highest BCUT2D eigenvalue weighted by Gasteiger charge is 2.26. The quantitative estimate of drug-likeness (QED) is 0.623. The lowest BCUT2D eigenvalue weighted by molar-refractivity contribution is 0.554. The number of sulfone groups is 1. The van der Waals surface area contributed by atoms with E-state index in [1.807, 2.05) is 23.6 Å². The van der Waals surface area contributed by atoms with Crippen LogP contribution >= 0.6 is 0 Å². The Labute approximate surface area is 175 Å². The van der Waals surface area contributed by atoms with E-state index in [4.69, 9.17) is 10.7 Å². The van der Waals surface area contributed by atoms with Crippen LogP contribution in [0.15, 0.2) is 47.4 Å². The summed E-state index contributed by atoms with van der Waals surface area (Å²) in [5.41, 5.74) is 11.1. The molecule has 4 rings (SSSR count). The first kappa shape index (κ1) is 20.7. The van der Waals surface area contributed by atoms with Crippen LogP contribution in [-0.4, -0.2) is 35.8 Å². The summed E-state index contributed by atoms with van der Waals surface area (Å²) in [6.45, 7) is 2.22. The Hall–Kier alpha value is -2.58. The molecule has 1 aliphatic carbocycles. The van der Waals surface area contributed by atoms with E-state index in [0.29, 0.717) is 12.3 Å². The smallest absolute Gasteiger partial charge is 0.192 e. The molecule has 0 unspecified atom stereocenters. The molecule has 0 bridgehead atoms. The molecule has 1 fully saturated rings. The van der Waals surface area contributed by atoms with Crippen LogP contribution < -0.4 is 5.73 Å². The first-order valence-corrected chi connectivity index (χ1v) is 11.8. The van der Waals surface area contributed by atoms with E-state index in [1.54, 1.807) is 12.3 Å². The second-order valence-corrected chi connectivity index (χ2v) is 9.83. The Morgan fingerprint density at radius 2 is 2.07 bits per heavy atom. The van der Waals surface area contributed by atoms with Gasteiger partial charge in [-0.2, -0.15) is 0 Å². The van der Waals surface area contributed by atoms with Crippen LogP contribution in [0.5, 0.6) is 0 Å². The van der Waals surface area contributed by atoms with E-state index in [1.165, 1.54) is 12.1 Å². The van der Waals surface area contributed by atoms with Crippen molar-refractivity contribution in [1.82, 2.24) is 14.5 Å². The highest BCUT2D eigenvalue weighted by Crippen LogP contribution is 2.40. The summed E-state index contributed by atoms with van der Waals surface area (Å²) in [4.78, 5) is 9.01. The third-order valence-corrected chi connectivity index (χ3v) is 6.52. The van der Waals surface area contributed by atoms with Crippen molar-refractivity contribution >= 4 is 20.9 Å². The summed E-state index contributed by atoms with van der Waals surface area (Å²) < 4.78 is 39.5. The van der Waals surface area contributed by atoms with Gasteiger partial charge in [-0.25, -0.2) is 17.8 Å². The second kappa shape index (κ2) is 7.92. The Morgan fingerprint density at radius 1 is 1.30 bits per heavy atom. The molecule has 30 heavy (non-hydrogen) atoms. The maximum Gasteiger partial charge on any atom is 0.192 e. The van der Waals surface area contributed by atoms with Gasteiger partial charge in [0.05, 0.1) is 17.6 Å². The molecule has 2 N–H and O–H groups in total. The maximum atomic E-state index is 14.3. The number of hydrogen-bond donors (Lipinski definition) is 1. The number of aromatic nitrogens is 3. The average molecular weight is 429 g/mol. The van der Waals surface area contributed by atoms with Gasteiger partial charge < -0.3 is 10.3 Å². The number of allylic oxidation sites excluding steroid dienone is 1. The van der Waals surface area contributed by atoms with Gasteiger partial charge >= 0.3 is 0 Å². The summed E-state index contributed by atoms with van der Waals surface area (Å²) in [6, 6.07) is 7.34. The monoisotopic (exact) mass is 428 g/mol. The molecule has 3 aromatic rings. The molecule has 0 spiro atoms. The Morgan fingerprint density at radius 3 is 2.67 bits per heavy atom. The molecule has 8 heteroatoms. The van der Waals surface area contributed by atoms with Crippen LogP contribution in [0.2, 0.25) is 0 Å². The highest BCUT2D eigenvalue weighted by molar-refractivity contribution is 7.90. The predicted octanol–water partition coefficient (Wildman–Crippen LogP) is 3.42. The lowest BCUT2D eigenvalue weighted by atomic mass is 10.1. The number of hydrogen-bond acceptors (Lipinski definition) is 5. The number of pyridine rings is 2. The van der Waals surface area contributed by atoms with Crippen LogP contribution in [-0.2, 0) is 22.8 Å². The summed E-state index contributed by atoms with van der Waals surface area (Å²) in [7, 11) is -3.34. The number of fused-ring (bicyclic) bond motifs is 1. The van der Waals surface area contributed by atoms with Crippen molar-refractivity contribution in [1.29, 1.82) is 0 Å². The van der Waals surface area contributed by atoms with E-state index in [2.05, 4.69) is 4.98 Å². The SMILES string of the molecule is Cc1c(Cc2ccc(S(C)(=O)=O)nc2)c2nc(C3CC3)ccc2n1C/C(F)=C/CN. The van der Waals surface area contributed by atoms with Crippen molar-refractivity contribution in [3.63, 3.8) is 0 Å². The van der Waals surface area contributed by atoms with E-state index >= 15 is 0 Å². The molecule has 0 amide bonds. The molecular weight excluding hydrogens is 403 g/mol. The molecule has 1 saturated carbocycles. The zero-order valence-electron chi connectivity index (χ0n) is 17.1. The number of rotatable bonds is 7. The number of nitrogens with two attached hydrogens (primary N) is 1. The fourth-order valence-electron chi connectivity index (χ4n) is 3.73. The van der Waals surface area contributed by atoms with Crippen molar-refractivity contribution in [3.05, 3.63) is 64.9 Å². The average Bonchev–Trinajstić information content (AvgIpc) is 3.51. The fraction of sp³-hybridized carbons (Fsp3) is 0.364. The van der Waals surface area contributed by atoms with Crippen molar-refractivity contribution in [2.75, 3.05) is 12.8 Å². The minimum absolute atomic E-state index is 0.0496. The van der Waals surface area contributed by atoms with Gasteiger partial charge in [0.25, 0.3) is 0 Å². The fourth-order valence-corrected chi connectivity index (χ4v) is 4.29. The Balaban J connectivity index is 1.78. The van der Waals surface area contributed by atoms with Gasteiger partial charge in [0.15, 0.2) is 14.9 Å². The number of halogens is 1. The molecular formula is C22H25FN4O2S. The minimum Gasteiger partial charge on any atom is -0.336 e. The van der Waals surface area contributed by atoms with Gasteiger partial charge in [-0.15, -0.1) is 0 Å². The topological polar surface area (TPSA) is 90.9 Å². The Bertz CT molecular complexity index is 1230. The maximum absolute atomic E-state index is 14.3. The summed E-state index contributed by atoms with van der Waals surface area (Å²) in [5.74, 6) is 0.227. The molecule has 0 aromatic carbocycles. The largest absolute Gasteiger partial charge is 0.336 e. The van der Waals surface area contributed by atoms with Crippen molar-refractivity contribution < 1.29 is 12.8 Å². The van der Waals surface area contributed by atoms with E-state index < -0.39 is 9.84 Å². The summed E-state index contributed by atoms with van der Waals surface area (Å²) >= 11 is 0. The van der Waals surface area contributed by atoms with Crippen molar-refractivity contribution in [2.45, 2.75) is 43.7 Å². The van der Waals surface area contributed by atoms with Gasteiger partial charge in [-0.05, 0) is 49.6 Å². The third-order valence-electron chi connectivity index (χ3n) is 5.52. The van der Waals surface area contributed by atoms with E-state index in [0.717, 1.165) is 52.6 Å². The minimum atomic E-state index is -3.34. The molecule has 0 aliphatic heterocycles. The van der Waals surface area contributed by atoms with Gasteiger partial charge in [0, 0.05) is 48.3 Å². The molecule has 0 radical (unpaired) electrons. The first-order valence-electron chi connectivity index (χ1n) is 9.96. The predicted molar refractivity (Wildman–Crippen MR) is 115 cm³/mol. The van der Waals surface area contributed by atoms with Gasteiger partial charge in [-0.1, -0.05) is 6.07 Å². The summed E-state index contributed by atoms with van der Waals surface area (Å²) in [6.07, 6.45) is 6.94. The van der Waals surface area contributed by atoms with Gasteiger partial charge in [0.2, 0.25) is 0 Å². The van der Waals surface area contributed by atoms with Crippen LogP contribution in [0.25, 0.3) is 11.0 Å². The van der Waals surface area contributed by atoms with Crippen molar-refractivity contribution in [2.24, 2.45) is 5.73 Å². The van der Waals surface area contributed by atoms with Gasteiger partial charge in [0.1, 0.15) is 5.83 Å². The zero-order valence-corrected chi connectivity index (χ0v) is 17.9. The van der Waals surface area contributed by atoms with Crippen molar-refractivity contribution in [3.8, 4) is 0 Å². The molecule has 3 heterocycles.